The van der Waals surface area contributed by atoms with Gasteiger partial charge in [-0.05, 0) is 48.0 Å². The Balaban J connectivity index is 1.46. The second kappa shape index (κ2) is 8.31. The maximum absolute atomic E-state index is 13.1. The Kier molecular flexibility index (Phi) is 5.25. The molecule has 0 radical (unpaired) electrons. The Hall–Kier alpha value is -4.06. The fourth-order valence-electron chi connectivity index (χ4n) is 2.78. The summed E-state index contributed by atoms with van der Waals surface area (Å²) < 4.78 is 13.1. The lowest BCUT2D eigenvalue weighted by Crippen LogP contribution is -2.12. The zero-order valence-electron chi connectivity index (χ0n) is 15.3. The van der Waals surface area contributed by atoms with Crippen molar-refractivity contribution >= 4 is 23.2 Å². The number of hydrogen-bond acceptors (Lipinski definition) is 4. The number of aromatic nitrogens is 2. The normalized spacial score (nSPS) is 10.4. The van der Waals surface area contributed by atoms with Crippen LogP contribution in [0.2, 0.25) is 0 Å². The number of hydrogen-bond donors (Lipinski definition) is 2. The lowest BCUT2D eigenvalue weighted by molar-refractivity contribution is 0.102. The molecule has 4 rings (SSSR count). The van der Waals surface area contributed by atoms with Gasteiger partial charge in [0.15, 0.2) is 0 Å². The number of carbonyl (C=O) groups excluding carboxylic acids is 1. The van der Waals surface area contributed by atoms with E-state index < -0.39 is 0 Å². The highest BCUT2D eigenvalue weighted by Crippen LogP contribution is 2.20. The summed E-state index contributed by atoms with van der Waals surface area (Å²) in [5, 5.41) is 5.94. The maximum atomic E-state index is 13.1. The van der Waals surface area contributed by atoms with Crippen LogP contribution in [0.15, 0.2) is 91.3 Å². The molecule has 142 valence electrons. The molecule has 3 aromatic carbocycles. The highest BCUT2D eigenvalue weighted by molar-refractivity contribution is 6.04. The maximum Gasteiger partial charge on any atom is 0.255 e. The van der Waals surface area contributed by atoms with E-state index in [0.717, 1.165) is 16.8 Å². The average molecular weight is 384 g/mol. The summed E-state index contributed by atoms with van der Waals surface area (Å²) in [6, 6.07) is 22.5. The Morgan fingerprint density at radius 2 is 1.45 bits per heavy atom. The molecule has 2 N–H and O–H groups in total. The van der Waals surface area contributed by atoms with Gasteiger partial charge in [0, 0.05) is 34.9 Å². The van der Waals surface area contributed by atoms with Crippen LogP contribution in [0.25, 0.3) is 11.1 Å². The van der Waals surface area contributed by atoms with E-state index in [1.807, 2.05) is 36.4 Å². The molecule has 1 heterocycles. The van der Waals surface area contributed by atoms with E-state index in [1.165, 1.54) is 12.1 Å². The minimum atomic E-state index is -0.288. The summed E-state index contributed by atoms with van der Waals surface area (Å²) in [5.74, 6) is -0.0898. The van der Waals surface area contributed by atoms with Gasteiger partial charge in [0.05, 0.1) is 0 Å². The molecule has 0 aliphatic carbocycles. The molecule has 0 aliphatic heterocycles. The average Bonchev–Trinajstić information content (AvgIpc) is 2.76. The van der Waals surface area contributed by atoms with Crippen molar-refractivity contribution in [3.63, 3.8) is 0 Å². The molecule has 1 amide bonds. The van der Waals surface area contributed by atoms with Crippen LogP contribution < -0.4 is 10.6 Å². The molecule has 0 saturated carbocycles. The van der Waals surface area contributed by atoms with Crippen molar-refractivity contribution in [2.45, 2.75) is 0 Å². The van der Waals surface area contributed by atoms with Crippen LogP contribution in [0.5, 0.6) is 0 Å². The van der Waals surface area contributed by atoms with Crippen molar-refractivity contribution in [3.8, 4) is 11.1 Å². The number of benzene rings is 3. The number of nitrogens with zero attached hydrogens (tertiary/aromatic N) is 2. The van der Waals surface area contributed by atoms with E-state index in [1.54, 1.807) is 42.7 Å². The van der Waals surface area contributed by atoms with Gasteiger partial charge in [0.25, 0.3) is 5.91 Å². The first-order valence-corrected chi connectivity index (χ1v) is 8.99. The van der Waals surface area contributed by atoms with E-state index in [4.69, 9.17) is 0 Å². The molecule has 0 atom stereocenters. The Bertz CT molecular complexity index is 1110. The first-order chi connectivity index (χ1) is 14.2. The number of para-hydroxylation sites is 1. The van der Waals surface area contributed by atoms with Crippen LogP contribution in [-0.4, -0.2) is 15.9 Å². The van der Waals surface area contributed by atoms with E-state index in [9.17, 15) is 9.18 Å². The van der Waals surface area contributed by atoms with Crippen molar-refractivity contribution < 1.29 is 9.18 Å². The van der Waals surface area contributed by atoms with E-state index >= 15 is 0 Å². The van der Waals surface area contributed by atoms with Crippen LogP contribution >= 0.6 is 0 Å². The number of halogens is 1. The van der Waals surface area contributed by atoms with Crippen LogP contribution in [-0.2, 0) is 0 Å². The molecule has 4 aromatic rings. The second-order valence-electron chi connectivity index (χ2n) is 6.33. The summed E-state index contributed by atoms with van der Waals surface area (Å²) in [7, 11) is 0. The molecule has 0 saturated heterocycles. The third-order valence-electron chi connectivity index (χ3n) is 4.24. The summed E-state index contributed by atoms with van der Waals surface area (Å²) in [6.45, 7) is 0. The van der Waals surface area contributed by atoms with Crippen molar-refractivity contribution in [1.82, 2.24) is 9.97 Å². The van der Waals surface area contributed by atoms with Gasteiger partial charge in [-0.3, -0.25) is 4.79 Å². The lowest BCUT2D eigenvalue weighted by atomic mass is 10.1. The van der Waals surface area contributed by atoms with E-state index in [0.29, 0.717) is 17.2 Å². The monoisotopic (exact) mass is 384 g/mol. The highest BCUT2D eigenvalue weighted by Gasteiger charge is 2.08. The lowest BCUT2D eigenvalue weighted by Gasteiger charge is -2.09. The SMILES string of the molecule is O=C(Nc1ccccc1)c1cccc(Nc2ncc(-c3ccc(F)cc3)cn2)c1. The zero-order chi connectivity index (χ0) is 20.1. The predicted molar refractivity (Wildman–Crippen MR) is 112 cm³/mol. The molecule has 0 spiro atoms. The molecule has 0 unspecified atom stereocenters. The third-order valence-corrected chi connectivity index (χ3v) is 4.24. The van der Waals surface area contributed by atoms with Gasteiger partial charge >= 0.3 is 0 Å². The molecule has 0 fully saturated rings. The first kappa shape index (κ1) is 18.3. The molecular formula is C23H17FN4O. The van der Waals surface area contributed by atoms with Gasteiger partial charge in [0.2, 0.25) is 5.95 Å². The van der Waals surface area contributed by atoms with Crippen LogP contribution in [0.1, 0.15) is 10.4 Å². The van der Waals surface area contributed by atoms with Crippen molar-refractivity contribution in [3.05, 3.63) is 103 Å². The molecular weight excluding hydrogens is 367 g/mol. The second-order valence-corrected chi connectivity index (χ2v) is 6.33. The number of carbonyl (C=O) groups is 1. The number of amides is 1. The van der Waals surface area contributed by atoms with Crippen LogP contribution in [0.3, 0.4) is 0 Å². The summed E-state index contributed by atoms with van der Waals surface area (Å²) in [6.07, 6.45) is 3.32. The first-order valence-electron chi connectivity index (χ1n) is 8.99. The standard InChI is InChI=1S/C23H17FN4O/c24-19-11-9-16(10-12-19)18-14-25-23(26-15-18)28-21-8-4-5-17(13-21)22(29)27-20-6-2-1-3-7-20/h1-15H,(H,27,29)(H,25,26,28). The minimum Gasteiger partial charge on any atom is -0.324 e. The van der Waals surface area contributed by atoms with Gasteiger partial charge in [-0.2, -0.15) is 0 Å². The fraction of sp³-hybridized carbons (Fsp3) is 0. The van der Waals surface area contributed by atoms with E-state index in [-0.39, 0.29) is 11.7 Å². The predicted octanol–water partition coefficient (Wildman–Crippen LogP) is 5.28. The number of anilines is 3. The molecule has 1 aromatic heterocycles. The topological polar surface area (TPSA) is 66.9 Å². The number of rotatable bonds is 5. The van der Waals surface area contributed by atoms with Crippen molar-refractivity contribution in [1.29, 1.82) is 0 Å². The van der Waals surface area contributed by atoms with Crippen LogP contribution in [0, 0.1) is 5.82 Å². The highest BCUT2D eigenvalue weighted by atomic mass is 19.1. The third kappa shape index (κ3) is 4.62. The van der Waals surface area contributed by atoms with Gasteiger partial charge < -0.3 is 10.6 Å². The number of nitrogens with one attached hydrogen (secondary N) is 2. The van der Waals surface area contributed by atoms with Gasteiger partial charge in [-0.1, -0.05) is 36.4 Å². The van der Waals surface area contributed by atoms with Gasteiger partial charge in [-0.25, -0.2) is 14.4 Å². The summed E-state index contributed by atoms with van der Waals surface area (Å²) >= 11 is 0. The quantitative estimate of drug-likeness (QED) is 0.491. The minimum absolute atomic E-state index is 0.201. The van der Waals surface area contributed by atoms with Crippen LogP contribution in [0.4, 0.5) is 21.7 Å². The molecule has 29 heavy (non-hydrogen) atoms. The van der Waals surface area contributed by atoms with Gasteiger partial charge in [0.1, 0.15) is 5.82 Å². The molecule has 0 bridgehead atoms. The van der Waals surface area contributed by atoms with Crippen molar-refractivity contribution in [2.24, 2.45) is 0 Å². The zero-order valence-corrected chi connectivity index (χ0v) is 15.3. The summed E-state index contributed by atoms with van der Waals surface area (Å²) in [4.78, 5) is 21.0. The molecule has 0 aliphatic rings. The molecule has 5 nitrogen and oxygen atoms in total. The largest absolute Gasteiger partial charge is 0.324 e. The Morgan fingerprint density at radius 1 is 0.759 bits per heavy atom. The fourth-order valence-corrected chi connectivity index (χ4v) is 2.78. The van der Waals surface area contributed by atoms with Gasteiger partial charge in [-0.15, -0.1) is 0 Å². The summed E-state index contributed by atoms with van der Waals surface area (Å²) in [5.41, 5.74) is 3.56. The van der Waals surface area contributed by atoms with E-state index in [2.05, 4.69) is 20.6 Å². The smallest absolute Gasteiger partial charge is 0.255 e. The Morgan fingerprint density at radius 3 is 2.17 bits per heavy atom. The van der Waals surface area contributed by atoms with Crippen molar-refractivity contribution in [2.75, 3.05) is 10.6 Å². The molecule has 6 heteroatoms. The Labute approximate surface area is 167 Å².